The third kappa shape index (κ3) is 5.27. The Morgan fingerprint density at radius 2 is 1.13 bits per heavy atom. The molecule has 0 radical (unpaired) electrons. The van der Waals surface area contributed by atoms with Crippen molar-refractivity contribution in [3.05, 3.63) is 0 Å². The van der Waals surface area contributed by atoms with Crippen molar-refractivity contribution in [1.82, 2.24) is 0 Å². The van der Waals surface area contributed by atoms with Crippen molar-refractivity contribution in [2.75, 3.05) is 0 Å². The molecule has 1 heteroatoms. The summed E-state index contributed by atoms with van der Waals surface area (Å²) in [6, 6.07) is 0. The van der Waals surface area contributed by atoms with Gasteiger partial charge < -0.3 is 0 Å². The fourth-order valence-electron chi connectivity index (χ4n) is 8.56. The Morgan fingerprint density at radius 1 is 0.613 bits per heavy atom. The molecule has 0 aromatic heterocycles. The van der Waals surface area contributed by atoms with Crippen LogP contribution < -0.4 is 0 Å². The minimum atomic E-state index is 0.142. The first kappa shape index (κ1) is 23.8. The molecule has 2 spiro atoms. The fourth-order valence-corrected chi connectivity index (χ4v) is 8.56. The normalized spacial score (nSPS) is 40.9. The van der Waals surface area contributed by atoms with E-state index in [0.717, 1.165) is 29.5 Å². The van der Waals surface area contributed by atoms with E-state index >= 15 is 0 Å². The number of hydrogen-bond acceptors (Lipinski definition) is 1. The third-order valence-corrected chi connectivity index (χ3v) is 10.7. The molecular formula is C30H52O. The van der Waals surface area contributed by atoms with Crippen LogP contribution in [0.15, 0.2) is 0 Å². The van der Waals surface area contributed by atoms with Crippen LogP contribution in [0.5, 0.6) is 0 Å². The quantitative estimate of drug-likeness (QED) is 0.334. The number of Topliss-reactive ketones (excluding diaryl/α,β-unsaturated/α-hetero) is 1. The summed E-state index contributed by atoms with van der Waals surface area (Å²) < 4.78 is 0. The highest BCUT2D eigenvalue weighted by molar-refractivity contribution is 5.96. The predicted octanol–water partition coefficient (Wildman–Crippen LogP) is 9.28. The third-order valence-electron chi connectivity index (χ3n) is 10.7. The number of rotatable bonds is 9. The Morgan fingerprint density at radius 3 is 1.71 bits per heavy atom. The average Bonchev–Trinajstić information content (AvgIpc) is 2.82. The zero-order valence-electron chi connectivity index (χ0n) is 21.1. The summed E-state index contributed by atoms with van der Waals surface area (Å²) in [5, 5.41) is 0. The van der Waals surface area contributed by atoms with Crippen molar-refractivity contribution >= 4 is 5.78 Å². The lowest BCUT2D eigenvalue weighted by molar-refractivity contribution is -0.169. The van der Waals surface area contributed by atoms with E-state index in [0.29, 0.717) is 0 Å². The first-order chi connectivity index (χ1) is 15.1. The van der Waals surface area contributed by atoms with Crippen LogP contribution in [-0.2, 0) is 4.79 Å². The molecule has 1 nitrogen and oxygen atoms in total. The van der Waals surface area contributed by atoms with E-state index in [1.165, 1.54) is 135 Å². The van der Waals surface area contributed by atoms with Gasteiger partial charge in [0.2, 0.25) is 0 Å². The Bertz CT molecular complexity index is 553. The maximum atomic E-state index is 13.5. The maximum absolute atomic E-state index is 13.5. The molecule has 31 heavy (non-hydrogen) atoms. The second kappa shape index (κ2) is 10.7. The summed E-state index contributed by atoms with van der Waals surface area (Å²) in [4.78, 5) is 13.5. The van der Waals surface area contributed by atoms with Crippen LogP contribution in [-0.4, -0.2) is 5.78 Å². The number of ketones is 1. The van der Waals surface area contributed by atoms with E-state index in [1.54, 1.807) is 0 Å². The standard InChI is InChI=1S/C30H52O/c1-3-5-7-8-10-24-11-13-26(14-12-24)27-17-21-30(22-18-27)23-29(28(30)31)19-15-25(16-20-29)9-6-4-2/h24-27H,3-23H2,1-2H3. The van der Waals surface area contributed by atoms with Gasteiger partial charge in [-0.3, -0.25) is 4.79 Å². The van der Waals surface area contributed by atoms with Crippen LogP contribution in [0.3, 0.4) is 0 Å². The molecule has 0 aliphatic heterocycles. The SMILES string of the molecule is CCCCCCC1CCC(C2CCC3(CC2)CC2(CCC(CCCC)CC2)C3=O)CC1. The molecule has 0 amide bonds. The summed E-state index contributed by atoms with van der Waals surface area (Å²) in [5.41, 5.74) is 0.286. The zero-order valence-corrected chi connectivity index (χ0v) is 21.1. The monoisotopic (exact) mass is 428 g/mol. The first-order valence-electron chi connectivity index (χ1n) is 14.7. The van der Waals surface area contributed by atoms with Crippen LogP contribution in [0, 0.1) is 34.5 Å². The molecule has 0 heterocycles. The minimum Gasteiger partial charge on any atom is -0.298 e. The van der Waals surface area contributed by atoms with Crippen LogP contribution in [0.2, 0.25) is 0 Å². The fraction of sp³-hybridized carbons (Fsp3) is 0.967. The molecule has 0 saturated heterocycles. The number of carbonyl (C=O) groups is 1. The van der Waals surface area contributed by atoms with Gasteiger partial charge in [0, 0.05) is 10.8 Å². The van der Waals surface area contributed by atoms with Gasteiger partial charge in [0.05, 0.1) is 0 Å². The van der Waals surface area contributed by atoms with E-state index < -0.39 is 0 Å². The van der Waals surface area contributed by atoms with Gasteiger partial charge in [0.25, 0.3) is 0 Å². The molecule has 4 rings (SSSR count). The predicted molar refractivity (Wildman–Crippen MR) is 132 cm³/mol. The van der Waals surface area contributed by atoms with Crippen LogP contribution >= 0.6 is 0 Å². The molecule has 0 bridgehead atoms. The molecule has 4 fully saturated rings. The molecule has 0 N–H and O–H groups in total. The zero-order chi connectivity index (χ0) is 21.7. The molecule has 4 saturated carbocycles. The lowest BCUT2D eigenvalue weighted by atomic mass is 9.42. The van der Waals surface area contributed by atoms with Gasteiger partial charge in [-0.15, -0.1) is 0 Å². The van der Waals surface area contributed by atoms with Gasteiger partial charge in [-0.05, 0) is 94.3 Å². The molecular weight excluding hydrogens is 376 g/mol. The minimum absolute atomic E-state index is 0.142. The van der Waals surface area contributed by atoms with Crippen molar-refractivity contribution in [2.24, 2.45) is 34.5 Å². The summed E-state index contributed by atoms with van der Waals surface area (Å²) in [6.45, 7) is 4.62. The van der Waals surface area contributed by atoms with Gasteiger partial charge in [-0.1, -0.05) is 78.1 Å². The highest BCUT2D eigenvalue weighted by atomic mass is 16.1. The average molecular weight is 429 g/mol. The number of hydrogen-bond donors (Lipinski definition) is 0. The lowest BCUT2D eigenvalue weighted by Gasteiger charge is -2.59. The molecule has 0 aromatic rings. The molecule has 0 aromatic carbocycles. The van der Waals surface area contributed by atoms with Gasteiger partial charge in [-0.2, -0.15) is 0 Å². The topological polar surface area (TPSA) is 17.1 Å². The van der Waals surface area contributed by atoms with E-state index in [-0.39, 0.29) is 10.8 Å². The largest absolute Gasteiger partial charge is 0.298 e. The van der Waals surface area contributed by atoms with Crippen molar-refractivity contribution < 1.29 is 4.79 Å². The lowest BCUT2D eigenvalue weighted by Crippen LogP contribution is -2.59. The Balaban J connectivity index is 1.17. The van der Waals surface area contributed by atoms with E-state index in [1.807, 2.05) is 0 Å². The van der Waals surface area contributed by atoms with Crippen molar-refractivity contribution in [3.8, 4) is 0 Å². The maximum Gasteiger partial charge on any atom is 0.145 e. The van der Waals surface area contributed by atoms with Crippen molar-refractivity contribution in [1.29, 1.82) is 0 Å². The molecule has 4 aliphatic carbocycles. The number of unbranched alkanes of at least 4 members (excludes halogenated alkanes) is 4. The van der Waals surface area contributed by atoms with Gasteiger partial charge in [0.15, 0.2) is 0 Å². The first-order valence-corrected chi connectivity index (χ1v) is 14.7. The highest BCUT2D eigenvalue weighted by Crippen LogP contribution is 2.64. The van der Waals surface area contributed by atoms with E-state index in [9.17, 15) is 4.79 Å². The van der Waals surface area contributed by atoms with Gasteiger partial charge >= 0.3 is 0 Å². The summed E-state index contributed by atoms with van der Waals surface area (Å²) in [5.74, 6) is 4.63. The summed E-state index contributed by atoms with van der Waals surface area (Å²) in [6.07, 6.45) is 29.0. The second-order valence-corrected chi connectivity index (χ2v) is 12.6. The van der Waals surface area contributed by atoms with Crippen molar-refractivity contribution in [2.45, 2.75) is 149 Å². The molecule has 0 atom stereocenters. The van der Waals surface area contributed by atoms with Gasteiger partial charge in [0.1, 0.15) is 5.78 Å². The molecule has 0 unspecified atom stereocenters. The van der Waals surface area contributed by atoms with Crippen LogP contribution in [0.4, 0.5) is 0 Å². The Hall–Kier alpha value is -0.330. The van der Waals surface area contributed by atoms with Gasteiger partial charge in [-0.25, -0.2) is 0 Å². The van der Waals surface area contributed by atoms with Crippen LogP contribution in [0.1, 0.15) is 149 Å². The Labute approximate surface area is 193 Å². The molecule has 178 valence electrons. The van der Waals surface area contributed by atoms with E-state index in [2.05, 4.69) is 13.8 Å². The van der Waals surface area contributed by atoms with Crippen molar-refractivity contribution in [3.63, 3.8) is 0 Å². The highest BCUT2D eigenvalue weighted by Gasteiger charge is 2.63. The second-order valence-electron chi connectivity index (χ2n) is 12.6. The van der Waals surface area contributed by atoms with E-state index in [4.69, 9.17) is 0 Å². The summed E-state index contributed by atoms with van der Waals surface area (Å²) in [7, 11) is 0. The Kier molecular flexibility index (Phi) is 8.24. The summed E-state index contributed by atoms with van der Waals surface area (Å²) >= 11 is 0. The number of carbonyl (C=O) groups excluding carboxylic acids is 1. The van der Waals surface area contributed by atoms with Crippen LogP contribution in [0.25, 0.3) is 0 Å². The smallest absolute Gasteiger partial charge is 0.145 e. The molecule has 4 aliphatic rings.